The van der Waals surface area contributed by atoms with Crippen molar-refractivity contribution in [2.24, 2.45) is 0 Å². The summed E-state index contributed by atoms with van der Waals surface area (Å²) in [4.78, 5) is 15.3. The quantitative estimate of drug-likeness (QED) is 0.311. The third-order valence-electron chi connectivity index (χ3n) is 5.52. The largest absolute Gasteiger partial charge is 0.451 e. The number of benzene rings is 1. The number of anilines is 1. The van der Waals surface area contributed by atoms with Gasteiger partial charge in [0, 0.05) is 35.3 Å². The van der Waals surface area contributed by atoms with Crippen molar-refractivity contribution in [3.05, 3.63) is 77.2 Å². The van der Waals surface area contributed by atoms with Crippen molar-refractivity contribution >= 4 is 32.8 Å². The second-order valence-corrected chi connectivity index (χ2v) is 8.38. The van der Waals surface area contributed by atoms with E-state index in [0.717, 1.165) is 18.0 Å². The third kappa shape index (κ3) is 3.91. The molecular weight excluding hydrogens is 532 g/mol. The standard InChI is InChI=1S/C22H15BrF4N8/c1-11(13-8-33-34(9-13)15-5-3-2-4-14(15)24)35-18(23)16(17-19(28)31-10-32-20(17)35)12-6-29-21(30-7-12)22(25,26)27/h2-11H,1H3,(H2,28,31,32). The summed E-state index contributed by atoms with van der Waals surface area (Å²) in [5.74, 6) is -1.54. The van der Waals surface area contributed by atoms with Crippen LogP contribution in [0.3, 0.4) is 0 Å². The zero-order chi connectivity index (χ0) is 24.9. The highest BCUT2D eigenvalue weighted by molar-refractivity contribution is 9.10. The van der Waals surface area contributed by atoms with Crippen LogP contribution in [0, 0.1) is 5.82 Å². The van der Waals surface area contributed by atoms with Crippen molar-refractivity contribution in [2.75, 3.05) is 5.73 Å². The van der Waals surface area contributed by atoms with Gasteiger partial charge in [-0.2, -0.15) is 18.3 Å². The van der Waals surface area contributed by atoms with Crippen molar-refractivity contribution in [1.82, 2.24) is 34.3 Å². The van der Waals surface area contributed by atoms with Crippen LogP contribution in [0.1, 0.15) is 24.4 Å². The number of rotatable bonds is 4. The average molecular weight is 547 g/mol. The number of alkyl halides is 3. The number of para-hydroxylation sites is 1. The zero-order valence-electron chi connectivity index (χ0n) is 17.9. The Kier molecular flexibility index (Phi) is 5.50. The molecule has 178 valence electrons. The first-order valence-electron chi connectivity index (χ1n) is 10.2. The Morgan fingerprint density at radius 1 is 1.03 bits per heavy atom. The lowest BCUT2D eigenvalue weighted by molar-refractivity contribution is -0.144. The first kappa shape index (κ1) is 22.9. The van der Waals surface area contributed by atoms with Crippen molar-refractivity contribution in [2.45, 2.75) is 19.1 Å². The Morgan fingerprint density at radius 2 is 1.74 bits per heavy atom. The first-order valence-corrected chi connectivity index (χ1v) is 10.9. The van der Waals surface area contributed by atoms with Crippen LogP contribution in [0.25, 0.3) is 27.8 Å². The monoisotopic (exact) mass is 546 g/mol. The molecule has 0 bridgehead atoms. The summed E-state index contributed by atoms with van der Waals surface area (Å²) >= 11 is 3.56. The maximum atomic E-state index is 14.2. The molecule has 35 heavy (non-hydrogen) atoms. The molecule has 1 atom stereocenters. The average Bonchev–Trinajstić information content (AvgIpc) is 3.42. The van der Waals surface area contributed by atoms with Gasteiger partial charge in [-0.15, -0.1) is 0 Å². The van der Waals surface area contributed by atoms with Crippen molar-refractivity contribution in [3.8, 4) is 16.8 Å². The van der Waals surface area contributed by atoms with Gasteiger partial charge in [0.2, 0.25) is 5.82 Å². The second-order valence-electron chi connectivity index (χ2n) is 7.63. The van der Waals surface area contributed by atoms with E-state index in [2.05, 4.69) is 41.0 Å². The predicted molar refractivity (Wildman–Crippen MR) is 123 cm³/mol. The van der Waals surface area contributed by atoms with Crippen molar-refractivity contribution < 1.29 is 17.6 Å². The van der Waals surface area contributed by atoms with E-state index in [0.29, 0.717) is 26.8 Å². The summed E-state index contributed by atoms with van der Waals surface area (Å²) in [5, 5.41) is 4.71. The fourth-order valence-corrected chi connectivity index (χ4v) is 4.72. The van der Waals surface area contributed by atoms with Crippen LogP contribution in [0.4, 0.5) is 23.4 Å². The van der Waals surface area contributed by atoms with Gasteiger partial charge in [0.05, 0.1) is 22.2 Å². The van der Waals surface area contributed by atoms with E-state index in [1.54, 1.807) is 35.2 Å². The summed E-state index contributed by atoms with van der Waals surface area (Å²) < 4.78 is 56.8. The Balaban J connectivity index is 1.64. The number of nitrogens with zero attached hydrogens (tertiary/aromatic N) is 7. The molecule has 0 amide bonds. The molecule has 1 aromatic carbocycles. The number of hydrogen-bond donors (Lipinski definition) is 1. The van der Waals surface area contributed by atoms with Gasteiger partial charge in [-0.3, -0.25) is 0 Å². The molecule has 0 fully saturated rings. The Labute approximate surface area is 203 Å². The lowest BCUT2D eigenvalue weighted by Crippen LogP contribution is -2.10. The molecule has 13 heteroatoms. The van der Waals surface area contributed by atoms with E-state index < -0.39 is 17.8 Å². The van der Waals surface area contributed by atoms with E-state index in [4.69, 9.17) is 5.73 Å². The minimum absolute atomic E-state index is 0.138. The van der Waals surface area contributed by atoms with Gasteiger partial charge in [0.15, 0.2) is 0 Å². The number of halogens is 5. The molecule has 0 aliphatic carbocycles. The second kappa shape index (κ2) is 8.41. The lowest BCUT2D eigenvalue weighted by atomic mass is 10.1. The topological polar surface area (TPSA) is 100 Å². The highest BCUT2D eigenvalue weighted by Gasteiger charge is 2.34. The van der Waals surface area contributed by atoms with Crippen LogP contribution < -0.4 is 5.73 Å². The number of nitrogens with two attached hydrogens (primary N) is 1. The molecule has 0 radical (unpaired) electrons. The number of aromatic nitrogens is 7. The molecule has 5 aromatic rings. The Hall–Kier alpha value is -3.87. The summed E-state index contributed by atoms with van der Waals surface area (Å²) in [6.07, 6.45) is 2.07. The fourth-order valence-electron chi connectivity index (χ4n) is 3.82. The van der Waals surface area contributed by atoms with Gasteiger partial charge in [-0.1, -0.05) is 12.1 Å². The fraction of sp³-hybridized carbons (Fsp3) is 0.136. The Bertz CT molecular complexity index is 1540. The SMILES string of the molecule is CC(c1cnn(-c2ccccc2F)c1)n1c(Br)c(-c2cnc(C(F)(F)F)nc2)c2c(N)ncnc21. The van der Waals surface area contributed by atoms with Gasteiger partial charge < -0.3 is 10.3 Å². The van der Waals surface area contributed by atoms with Crippen LogP contribution in [0.5, 0.6) is 0 Å². The van der Waals surface area contributed by atoms with Gasteiger partial charge in [0.25, 0.3) is 0 Å². The van der Waals surface area contributed by atoms with Gasteiger partial charge in [-0.05, 0) is 35.0 Å². The molecule has 0 saturated carbocycles. The van der Waals surface area contributed by atoms with E-state index in [1.165, 1.54) is 17.1 Å². The number of hydrogen-bond acceptors (Lipinski definition) is 6. The molecule has 0 aliphatic heterocycles. The van der Waals surface area contributed by atoms with E-state index in [1.807, 2.05) is 6.92 Å². The summed E-state index contributed by atoms with van der Waals surface area (Å²) in [7, 11) is 0. The van der Waals surface area contributed by atoms with Crippen molar-refractivity contribution in [1.29, 1.82) is 0 Å². The minimum atomic E-state index is -4.67. The molecule has 8 nitrogen and oxygen atoms in total. The molecule has 2 N–H and O–H groups in total. The first-order chi connectivity index (χ1) is 16.7. The molecule has 0 saturated heterocycles. The molecule has 0 spiro atoms. The predicted octanol–water partition coefficient (Wildman–Crippen LogP) is 5.19. The maximum Gasteiger partial charge on any atom is 0.451 e. The van der Waals surface area contributed by atoms with Crippen LogP contribution in [0.15, 0.2) is 60.0 Å². The minimum Gasteiger partial charge on any atom is -0.383 e. The third-order valence-corrected chi connectivity index (χ3v) is 6.30. The maximum absolute atomic E-state index is 14.2. The summed E-state index contributed by atoms with van der Waals surface area (Å²) in [6.45, 7) is 1.87. The summed E-state index contributed by atoms with van der Waals surface area (Å²) in [5.41, 5.74) is 8.33. The van der Waals surface area contributed by atoms with E-state index in [9.17, 15) is 17.6 Å². The molecule has 0 aliphatic rings. The van der Waals surface area contributed by atoms with Crippen LogP contribution >= 0.6 is 15.9 Å². The normalized spacial score (nSPS) is 12.9. The number of nitrogen functional groups attached to an aromatic ring is 1. The lowest BCUT2D eigenvalue weighted by Gasteiger charge is -2.15. The molecule has 5 rings (SSSR count). The molecule has 4 heterocycles. The van der Waals surface area contributed by atoms with Crippen LogP contribution in [0.2, 0.25) is 0 Å². The Morgan fingerprint density at radius 3 is 2.43 bits per heavy atom. The zero-order valence-corrected chi connectivity index (χ0v) is 19.5. The highest BCUT2D eigenvalue weighted by atomic mass is 79.9. The van der Waals surface area contributed by atoms with E-state index >= 15 is 0 Å². The molecule has 4 aromatic heterocycles. The van der Waals surface area contributed by atoms with Crippen LogP contribution in [-0.2, 0) is 6.18 Å². The highest BCUT2D eigenvalue weighted by Crippen LogP contribution is 2.42. The summed E-state index contributed by atoms with van der Waals surface area (Å²) in [6, 6.07) is 5.86. The van der Waals surface area contributed by atoms with Gasteiger partial charge in [-0.25, -0.2) is 29.0 Å². The van der Waals surface area contributed by atoms with E-state index in [-0.39, 0.29) is 17.5 Å². The smallest absolute Gasteiger partial charge is 0.383 e. The van der Waals surface area contributed by atoms with Gasteiger partial charge in [0.1, 0.15) is 29.3 Å². The van der Waals surface area contributed by atoms with Gasteiger partial charge >= 0.3 is 6.18 Å². The number of fused-ring (bicyclic) bond motifs is 1. The molecule has 1 unspecified atom stereocenters. The van der Waals surface area contributed by atoms with Crippen molar-refractivity contribution in [3.63, 3.8) is 0 Å². The van der Waals surface area contributed by atoms with Crippen LogP contribution in [-0.4, -0.2) is 34.3 Å². The molecular formula is C22H15BrF4N8.